The van der Waals surface area contributed by atoms with Gasteiger partial charge in [-0.25, -0.2) is 0 Å². The molecule has 0 saturated heterocycles. The highest BCUT2D eigenvalue weighted by molar-refractivity contribution is 7.45. The third-order valence-corrected chi connectivity index (χ3v) is 7.20. The lowest BCUT2D eigenvalue weighted by Gasteiger charge is -2.28. The molecule has 0 aliphatic carbocycles. The van der Waals surface area contributed by atoms with Gasteiger partial charge >= 0.3 is 5.97 Å². The second-order valence-electron chi connectivity index (χ2n) is 11.5. The van der Waals surface area contributed by atoms with Gasteiger partial charge in [0.05, 0.1) is 34.4 Å². The summed E-state index contributed by atoms with van der Waals surface area (Å²) in [6.07, 6.45) is 23.8. The molecule has 0 radical (unpaired) electrons. The van der Waals surface area contributed by atoms with Crippen LogP contribution in [0.15, 0.2) is 24.3 Å². The minimum absolute atomic E-state index is 0.0239. The van der Waals surface area contributed by atoms with E-state index in [2.05, 4.69) is 38.2 Å². The number of carbonyl (C=O) groups excluding carboxylic acids is 1. The summed E-state index contributed by atoms with van der Waals surface area (Å²) in [5.41, 5.74) is 0. The first-order chi connectivity index (χ1) is 19.1. The van der Waals surface area contributed by atoms with Crippen LogP contribution >= 0.6 is 7.82 Å². The van der Waals surface area contributed by atoms with Crippen molar-refractivity contribution in [3.05, 3.63) is 24.3 Å². The van der Waals surface area contributed by atoms with Crippen LogP contribution < -0.4 is 4.89 Å². The van der Waals surface area contributed by atoms with E-state index in [9.17, 15) is 14.3 Å². The second-order valence-corrected chi connectivity index (χ2v) is 12.9. The molecule has 2 atom stereocenters. The number of phosphoric ester groups is 1. The Hall–Kier alpha value is -1.02. The highest BCUT2D eigenvalue weighted by Crippen LogP contribution is 2.38. The lowest BCUT2D eigenvalue weighted by Crippen LogP contribution is -2.37. The number of rotatable bonds is 28. The van der Waals surface area contributed by atoms with Crippen molar-refractivity contribution in [1.29, 1.82) is 0 Å². The molecule has 0 aliphatic heterocycles. The highest BCUT2D eigenvalue weighted by Gasteiger charge is 2.20. The zero-order valence-electron chi connectivity index (χ0n) is 26.3. The number of hydrogen-bond donors (Lipinski definition) is 0. The largest absolute Gasteiger partial charge is 0.756 e. The number of carbonyl (C=O) groups is 1. The van der Waals surface area contributed by atoms with E-state index in [0.29, 0.717) is 24.1 Å². The van der Waals surface area contributed by atoms with Gasteiger partial charge in [0.1, 0.15) is 19.3 Å². The molecule has 0 saturated carbocycles. The number of phosphoric acid groups is 1. The molecule has 2 unspecified atom stereocenters. The molecule has 0 amide bonds. The molecule has 0 aromatic carbocycles. The van der Waals surface area contributed by atoms with E-state index in [0.717, 1.165) is 64.2 Å². The molecule has 0 N–H and O–H groups in total. The molecule has 0 heterocycles. The summed E-state index contributed by atoms with van der Waals surface area (Å²) < 4.78 is 34.0. The van der Waals surface area contributed by atoms with Gasteiger partial charge in [-0.3, -0.25) is 9.36 Å². The number of likely N-dealkylation sites (N-methyl/N-ethyl adjacent to an activating group) is 1. The third kappa shape index (κ3) is 28.5. The highest BCUT2D eigenvalue weighted by atomic mass is 31.2. The van der Waals surface area contributed by atoms with E-state index in [4.69, 9.17) is 18.5 Å². The Labute approximate surface area is 245 Å². The molecule has 9 heteroatoms. The molecule has 0 spiro atoms. The first-order valence-corrected chi connectivity index (χ1v) is 17.0. The maximum Gasteiger partial charge on any atom is 0.306 e. The molecule has 0 bridgehead atoms. The van der Waals surface area contributed by atoms with Crippen LogP contribution in [-0.2, 0) is 27.9 Å². The van der Waals surface area contributed by atoms with Gasteiger partial charge in [0.15, 0.2) is 0 Å². The minimum Gasteiger partial charge on any atom is -0.756 e. The molecule has 0 rings (SSSR count). The van der Waals surface area contributed by atoms with Gasteiger partial charge in [-0.05, 0) is 38.5 Å². The predicted octanol–water partition coefficient (Wildman–Crippen LogP) is 7.13. The van der Waals surface area contributed by atoms with Crippen molar-refractivity contribution in [2.24, 2.45) is 0 Å². The maximum absolute atomic E-state index is 12.3. The van der Waals surface area contributed by atoms with Crippen LogP contribution in [0.3, 0.4) is 0 Å². The van der Waals surface area contributed by atoms with E-state index in [1.807, 2.05) is 21.1 Å². The molecule has 236 valence electrons. The number of quaternary nitrogens is 1. The van der Waals surface area contributed by atoms with Crippen molar-refractivity contribution in [3.63, 3.8) is 0 Å². The van der Waals surface area contributed by atoms with E-state index >= 15 is 0 Å². The Morgan fingerprint density at radius 3 is 2.10 bits per heavy atom. The standard InChI is InChI=1S/C31H60NO7P/c1-6-8-10-12-13-14-15-16-17-18-19-20-21-23-26-36-28-30(39-31(33)24-22-11-9-7-2)29-38-40(34,35)37-27-25-32(3,4)5/h10,12,14-15,30H,6-9,11,13,16-29H2,1-5H3/b12-10-,15-14-. The number of esters is 1. The SMILES string of the molecule is CCC/C=C\C/C=C\CCCCCCCCOCC(COP(=O)([O-])OCC[N+](C)(C)C)OC(=O)CCCCCC. The summed E-state index contributed by atoms with van der Waals surface area (Å²) in [5, 5.41) is 0. The molecule has 0 fully saturated rings. The van der Waals surface area contributed by atoms with Crippen LogP contribution in [0.25, 0.3) is 0 Å². The Bertz CT molecular complexity index is 706. The second kappa shape index (κ2) is 25.7. The summed E-state index contributed by atoms with van der Waals surface area (Å²) in [6, 6.07) is 0. The molecule has 0 aromatic heterocycles. The third-order valence-electron chi connectivity index (χ3n) is 6.24. The van der Waals surface area contributed by atoms with Crippen molar-refractivity contribution in [2.45, 2.75) is 116 Å². The summed E-state index contributed by atoms with van der Waals surface area (Å²) in [5.74, 6) is -0.359. The van der Waals surface area contributed by atoms with E-state index < -0.39 is 13.9 Å². The molecule has 0 aromatic rings. The van der Waals surface area contributed by atoms with Crippen LogP contribution in [0, 0.1) is 0 Å². The predicted molar refractivity (Wildman–Crippen MR) is 162 cm³/mol. The van der Waals surface area contributed by atoms with Gasteiger partial charge in [-0.15, -0.1) is 0 Å². The Morgan fingerprint density at radius 2 is 1.43 bits per heavy atom. The van der Waals surface area contributed by atoms with Gasteiger partial charge in [0.25, 0.3) is 7.82 Å². The van der Waals surface area contributed by atoms with Gasteiger partial charge in [-0.2, -0.15) is 0 Å². The lowest BCUT2D eigenvalue weighted by molar-refractivity contribution is -0.870. The molecular weight excluding hydrogens is 529 g/mol. The van der Waals surface area contributed by atoms with Crippen LogP contribution in [-0.4, -0.2) is 70.7 Å². The van der Waals surface area contributed by atoms with E-state index in [-0.39, 0.29) is 25.8 Å². The number of nitrogens with zero attached hydrogens (tertiary/aromatic N) is 1. The van der Waals surface area contributed by atoms with Crippen molar-refractivity contribution in [1.82, 2.24) is 0 Å². The van der Waals surface area contributed by atoms with Crippen LogP contribution in [0.4, 0.5) is 0 Å². The van der Waals surface area contributed by atoms with Crippen LogP contribution in [0.2, 0.25) is 0 Å². The van der Waals surface area contributed by atoms with E-state index in [1.165, 1.54) is 25.7 Å². The number of ether oxygens (including phenoxy) is 2. The van der Waals surface area contributed by atoms with Crippen molar-refractivity contribution < 1.29 is 37.3 Å². The lowest BCUT2D eigenvalue weighted by atomic mass is 10.1. The zero-order chi connectivity index (χ0) is 30.0. The number of allylic oxidation sites excluding steroid dienone is 4. The number of hydrogen-bond acceptors (Lipinski definition) is 7. The smallest absolute Gasteiger partial charge is 0.306 e. The Balaban J connectivity index is 4.23. The Kier molecular flexibility index (Phi) is 25.0. The summed E-state index contributed by atoms with van der Waals surface area (Å²) >= 11 is 0. The van der Waals surface area contributed by atoms with Crippen LogP contribution in [0.5, 0.6) is 0 Å². The summed E-state index contributed by atoms with van der Waals surface area (Å²) in [7, 11) is 1.34. The fourth-order valence-electron chi connectivity index (χ4n) is 3.76. The number of unbranched alkanes of at least 4 members (excludes halogenated alkanes) is 10. The van der Waals surface area contributed by atoms with Crippen molar-refractivity contribution >= 4 is 13.8 Å². The summed E-state index contributed by atoms with van der Waals surface area (Å²) in [4.78, 5) is 24.4. The van der Waals surface area contributed by atoms with Gasteiger partial charge in [0, 0.05) is 13.0 Å². The normalized spacial score (nSPS) is 14.7. The maximum atomic E-state index is 12.3. The molecular formula is C31H60NO7P. The minimum atomic E-state index is -4.50. The van der Waals surface area contributed by atoms with E-state index in [1.54, 1.807) is 0 Å². The monoisotopic (exact) mass is 589 g/mol. The average Bonchev–Trinajstić information content (AvgIpc) is 2.88. The quantitative estimate of drug-likeness (QED) is 0.0315. The summed E-state index contributed by atoms with van der Waals surface area (Å²) in [6.45, 7) is 5.17. The van der Waals surface area contributed by atoms with Crippen molar-refractivity contribution in [2.75, 3.05) is 54.1 Å². The molecule has 40 heavy (non-hydrogen) atoms. The fraction of sp³-hybridized carbons (Fsp3) is 0.839. The van der Waals surface area contributed by atoms with Crippen molar-refractivity contribution in [3.8, 4) is 0 Å². The van der Waals surface area contributed by atoms with Crippen LogP contribution in [0.1, 0.15) is 110 Å². The Morgan fingerprint density at radius 1 is 0.775 bits per heavy atom. The molecule has 0 aliphatic rings. The van der Waals surface area contributed by atoms with Gasteiger partial charge < -0.3 is 27.9 Å². The first kappa shape index (κ1) is 39.0. The topological polar surface area (TPSA) is 94.1 Å². The van der Waals surface area contributed by atoms with Gasteiger partial charge in [-0.1, -0.05) is 89.5 Å². The first-order valence-electron chi connectivity index (χ1n) is 15.6. The zero-order valence-corrected chi connectivity index (χ0v) is 27.2. The van der Waals surface area contributed by atoms with Gasteiger partial charge in [0.2, 0.25) is 0 Å². The molecule has 8 nitrogen and oxygen atoms in total. The average molecular weight is 590 g/mol. The fourth-order valence-corrected chi connectivity index (χ4v) is 4.49.